The van der Waals surface area contributed by atoms with Crippen LogP contribution in [0, 0.1) is 5.82 Å². The van der Waals surface area contributed by atoms with Gasteiger partial charge in [-0.15, -0.1) is 5.10 Å². The molecule has 0 N–H and O–H groups in total. The molecule has 2 aliphatic heterocycles. The monoisotopic (exact) mass is 410 g/mol. The smallest absolute Gasteiger partial charge is 0.266 e. The zero-order valence-corrected chi connectivity index (χ0v) is 15.8. The standard InChI is InChI=1S/C16H19FN6O4S/c17-12-1-3-13(4-2-12)28(25,26)14-9-22(10-14)15(24)11-23-19-16(18-20-23)21-5-7-27-8-6-21/h1-4,14H,5-11H2. The van der Waals surface area contributed by atoms with Crippen LogP contribution in [0.15, 0.2) is 29.2 Å². The third-order valence-corrected chi connectivity index (χ3v) is 6.90. The van der Waals surface area contributed by atoms with Crippen LogP contribution in [0.25, 0.3) is 0 Å². The SMILES string of the molecule is O=C(Cn1nnc(N2CCOCC2)n1)N1CC(S(=O)(=O)c2ccc(F)cc2)C1. The van der Waals surface area contributed by atoms with Crippen LogP contribution >= 0.6 is 0 Å². The number of likely N-dealkylation sites (tertiary alicyclic amines) is 1. The molecular formula is C16H19FN6O4S. The number of halogens is 1. The average Bonchev–Trinajstić information content (AvgIpc) is 3.10. The van der Waals surface area contributed by atoms with E-state index in [1.807, 2.05) is 4.90 Å². The molecular weight excluding hydrogens is 391 g/mol. The summed E-state index contributed by atoms with van der Waals surface area (Å²) in [6.07, 6.45) is 0. The first-order chi connectivity index (χ1) is 13.4. The molecule has 4 rings (SSSR count). The number of sulfone groups is 1. The van der Waals surface area contributed by atoms with Gasteiger partial charge >= 0.3 is 0 Å². The molecule has 1 aromatic carbocycles. The Morgan fingerprint density at radius 3 is 2.54 bits per heavy atom. The van der Waals surface area contributed by atoms with E-state index in [1.165, 1.54) is 21.8 Å². The average molecular weight is 410 g/mol. The Balaban J connectivity index is 1.33. The number of aromatic nitrogens is 4. The van der Waals surface area contributed by atoms with Crippen molar-refractivity contribution in [2.75, 3.05) is 44.3 Å². The molecule has 2 aliphatic rings. The molecule has 10 nitrogen and oxygen atoms in total. The highest BCUT2D eigenvalue weighted by molar-refractivity contribution is 7.92. The number of amides is 1. The van der Waals surface area contributed by atoms with Crippen molar-refractivity contribution in [2.24, 2.45) is 0 Å². The normalized spacial score (nSPS) is 18.2. The highest BCUT2D eigenvalue weighted by atomic mass is 32.2. The van der Waals surface area contributed by atoms with Gasteiger partial charge in [0.25, 0.3) is 5.95 Å². The van der Waals surface area contributed by atoms with E-state index in [-0.39, 0.29) is 30.4 Å². The molecule has 2 fully saturated rings. The number of hydrogen-bond acceptors (Lipinski definition) is 8. The lowest BCUT2D eigenvalue weighted by Gasteiger charge is -2.38. The quantitative estimate of drug-likeness (QED) is 0.597. The Morgan fingerprint density at radius 1 is 1.18 bits per heavy atom. The van der Waals surface area contributed by atoms with Gasteiger partial charge in [-0.25, -0.2) is 12.8 Å². The van der Waals surface area contributed by atoms with E-state index in [4.69, 9.17) is 4.74 Å². The molecule has 150 valence electrons. The van der Waals surface area contributed by atoms with Crippen LogP contribution in [0.5, 0.6) is 0 Å². The molecule has 0 atom stereocenters. The van der Waals surface area contributed by atoms with Gasteiger partial charge < -0.3 is 14.5 Å². The second-order valence-corrected chi connectivity index (χ2v) is 8.87. The fourth-order valence-corrected chi connectivity index (χ4v) is 4.72. The second-order valence-electron chi connectivity index (χ2n) is 6.64. The predicted octanol–water partition coefficient (Wildman–Crippen LogP) is -0.666. The summed E-state index contributed by atoms with van der Waals surface area (Å²) in [4.78, 5) is 17.0. The lowest BCUT2D eigenvalue weighted by molar-refractivity contribution is -0.135. The van der Waals surface area contributed by atoms with Crippen LogP contribution in [0.3, 0.4) is 0 Å². The number of carbonyl (C=O) groups excluding carboxylic acids is 1. The van der Waals surface area contributed by atoms with Crippen molar-refractivity contribution < 1.29 is 22.3 Å². The summed E-state index contributed by atoms with van der Waals surface area (Å²) < 4.78 is 43.3. The lowest BCUT2D eigenvalue weighted by Crippen LogP contribution is -2.57. The molecule has 12 heteroatoms. The van der Waals surface area contributed by atoms with E-state index in [0.717, 1.165) is 12.1 Å². The molecule has 0 bridgehead atoms. The molecule has 2 aromatic rings. The third kappa shape index (κ3) is 3.69. The van der Waals surface area contributed by atoms with Crippen LogP contribution in [0.2, 0.25) is 0 Å². The summed E-state index contributed by atoms with van der Waals surface area (Å²) in [6.45, 7) is 2.56. The Kier molecular flexibility index (Phi) is 4.98. The van der Waals surface area contributed by atoms with E-state index < -0.39 is 20.9 Å². The molecule has 28 heavy (non-hydrogen) atoms. The minimum atomic E-state index is -3.60. The van der Waals surface area contributed by atoms with Gasteiger partial charge in [0.2, 0.25) is 5.91 Å². The minimum Gasteiger partial charge on any atom is -0.378 e. The van der Waals surface area contributed by atoms with E-state index >= 15 is 0 Å². The van der Waals surface area contributed by atoms with Crippen molar-refractivity contribution in [1.82, 2.24) is 25.1 Å². The highest BCUT2D eigenvalue weighted by Crippen LogP contribution is 2.24. The predicted molar refractivity (Wildman–Crippen MR) is 94.8 cm³/mol. The van der Waals surface area contributed by atoms with Gasteiger partial charge in [-0.3, -0.25) is 4.79 Å². The lowest BCUT2D eigenvalue weighted by atomic mass is 10.2. The summed E-state index contributed by atoms with van der Waals surface area (Å²) in [7, 11) is -3.60. The van der Waals surface area contributed by atoms with Crippen molar-refractivity contribution in [3.63, 3.8) is 0 Å². The molecule has 0 unspecified atom stereocenters. The van der Waals surface area contributed by atoms with E-state index in [1.54, 1.807) is 0 Å². The number of ether oxygens (including phenoxy) is 1. The summed E-state index contributed by atoms with van der Waals surface area (Å²) in [5.41, 5.74) is 0. The molecule has 0 aliphatic carbocycles. The second kappa shape index (κ2) is 7.43. The van der Waals surface area contributed by atoms with Crippen molar-refractivity contribution in [3.8, 4) is 0 Å². The van der Waals surface area contributed by atoms with Gasteiger partial charge in [-0.1, -0.05) is 5.10 Å². The Bertz CT molecular complexity index is 952. The van der Waals surface area contributed by atoms with Gasteiger partial charge in [0, 0.05) is 26.2 Å². The highest BCUT2D eigenvalue weighted by Gasteiger charge is 2.40. The number of rotatable bonds is 5. The number of anilines is 1. The van der Waals surface area contributed by atoms with E-state index in [0.29, 0.717) is 32.3 Å². The van der Waals surface area contributed by atoms with Gasteiger partial charge in [0.1, 0.15) is 17.6 Å². The summed E-state index contributed by atoms with van der Waals surface area (Å²) in [6, 6.07) is 4.69. The number of nitrogens with zero attached hydrogens (tertiary/aromatic N) is 6. The minimum absolute atomic E-state index is 0.0547. The van der Waals surface area contributed by atoms with Gasteiger partial charge in [0.05, 0.1) is 18.1 Å². The molecule has 3 heterocycles. The summed E-state index contributed by atoms with van der Waals surface area (Å²) in [5.74, 6) is -0.339. The number of morpholine rings is 1. The Labute approximate surface area is 160 Å². The summed E-state index contributed by atoms with van der Waals surface area (Å²) >= 11 is 0. The van der Waals surface area contributed by atoms with Crippen LogP contribution in [-0.2, 0) is 25.9 Å². The molecule has 1 amide bonds. The third-order valence-electron chi connectivity index (χ3n) is 4.79. The molecule has 0 spiro atoms. The van der Waals surface area contributed by atoms with Crippen molar-refractivity contribution in [2.45, 2.75) is 16.7 Å². The molecule has 2 saturated heterocycles. The van der Waals surface area contributed by atoms with E-state index in [2.05, 4.69) is 15.4 Å². The molecule has 0 radical (unpaired) electrons. The van der Waals surface area contributed by atoms with Crippen LogP contribution in [0.4, 0.5) is 10.3 Å². The maximum Gasteiger partial charge on any atom is 0.266 e. The first kappa shape index (κ1) is 18.7. The molecule has 1 aromatic heterocycles. The number of carbonyl (C=O) groups is 1. The first-order valence-corrected chi connectivity index (χ1v) is 10.4. The summed E-state index contributed by atoms with van der Waals surface area (Å²) in [5, 5.41) is 11.3. The van der Waals surface area contributed by atoms with Crippen LogP contribution < -0.4 is 4.90 Å². The topological polar surface area (TPSA) is 111 Å². The van der Waals surface area contributed by atoms with Crippen LogP contribution in [0.1, 0.15) is 0 Å². The van der Waals surface area contributed by atoms with Gasteiger partial charge in [-0.2, -0.15) is 4.80 Å². The van der Waals surface area contributed by atoms with Crippen molar-refractivity contribution in [3.05, 3.63) is 30.1 Å². The maximum absolute atomic E-state index is 13.0. The van der Waals surface area contributed by atoms with Gasteiger partial charge in [0.15, 0.2) is 9.84 Å². The fraction of sp³-hybridized carbons (Fsp3) is 0.500. The maximum atomic E-state index is 13.0. The van der Waals surface area contributed by atoms with E-state index in [9.17, 15) is 17.6 Å². The number of tetrazole rings is 1. The number of hydrogen-bond donors (Lipinski definition) is 0. The van der Waals surface area contributed by atoms with Crippen molar-refractivity contribution >= 4 is 21.7 Å². The zero-order valence-electron chi connectivity index (χ0n) is 14.9. The Morgan fingerprint density at radius 2 is 1.86 bits per heavy atom. The fourth-order valence-electron chi connectivity index (χ4n) is 3.07. The largest absolute Gasteiger partial charge is 0.378 e. The molecule has 0 saturated carbocycles. The first-order valence-electron chi connectivity index (χ1n) is 8.81. The van der Waals surface area contributed by atoms with Crippen molar-refractivity contribution in [1.29, 1.82) is 0 Å². The zero-order chi connectivity index (χ0) is 19.7. The Hall–Kier alpha value is -2.60. The van der Waals surface area contributed by atoms with Crippen LogP contribution in [-0.4, -0.2) is 84.1 Å². The number of benzene rings is 1. The van der Waals surface area contributed by atoms with Gasteiger partial charge in [-0.05, 0) is 29.5 Å².